The topological polar surface area (TPSA) is 75.6 Å². The zero-order chi connectivity index (χ0) is 14.6. The standard InChI is InChI=1S/C12H13BrClNO4/c1-12(6-19-2,11(17)18)15-10(16)7-4-3-5-8(13)9(7)14/h3-5H,6H2,1-2H3,(H,15,16)(H,17,18). The number of benzene rings is 1. The maximum Gasteiger partial charge on any atom is 0.331 e. The normalized spacial score (nSPS) is 13.7. The molecule has 0 aromatic heterocycles. The number of hydrogen-bond donors (Lipinski definition) is 2. The highest BCUT2D eigenvalue weighted by molar-refractivity contribution is 9.10. The molecule has 0 saturated carbocycles. The third-order valence-corrected chi connectivity index (χ3v) is 3.79. The molecule has 7 heteroatoms. The predicted molar refractivity (Wildman–Crippen MR) is 74.5 cm³/mol. The Bertz CT molecular complexity index is 509. The minimum Gasteiger partial charge on any atom is -0.479 e. The van der Waals surface area contributed by atoms with Gasteiger partial charge in [-0.3, -0.25) is 4.79 Å². The van der Waals surface area contributed by atoms with E-state index in [9.17, 15) is 9.59 Å². The lowest BCUT2D eigenvalue weighted by atomic mass is 10.0. The van der Waals surface area contributed by atoms with Crippen LogP contribution in [0, 0.1) is 0 Å². The quantitative estimate of drug-likeness (QED) is 0.854. The Morgan fingerprint density at radius 2 is 2.16 bits per heavy atom. The van der Waals surface area contributed by atoms with Gasteiger partial charge in [0.25, 0.3) is 5.91 Å². The molecule has 0 saturated heterocycles. The highest BCUT2D eigenvalue weighted by Gasteiger charge is 2.35. The number of amides is 1. The fraction of sp³-hybridized carbons (Fsp3) is 0.333. The van der Waals surface area contributed by atoms with Gasteiger partial charge in [0.15, 0.2) is 5.54 Å². The van der Waals surface area contributed by atoms with Gasteiger partial charge in [0.1, 0.15) is 0 Å². The van der Waals surface area contributed by atoms with Crippen LogP contribution in [-0.4, -0.2) is 36.2 Å². The van der Waals surface area contributed by atoms with Gasteiger partial charge in [0, 0.05) is 11.6 Å². The Morgan fingerprint density at radius 3 is 2.68 bits per heavy atom. The molecule has 1 unspecified atom stereocenters. The number of aliphatic carboxylic acids is 1. The van der Waals surface area contributed by atoms with Crippen LogP contribution in [0.4, 0.5) is 0 Å². The van der Waals surface area contributed by atoms with Gasteiger partial charge in [-0.2, -0.15) is 0 Å². The summed E-state index contributed by atoms with van der Waals surface area (Å²) in [6.45, 7) is 1.21. The second-order valence-electron chi connectivity index (χ2n) is 4.13. The van der Waals surface area contributed by atoms with Crippen molar-refractivity contribution in [3.63, 3.8) is 0 Å². The van der Waals surface area contributed by atoms with E-state index in [-0.39, 0.29) is 17.2 Å². The molecule has 1 amide bonds. The van der Waals surface area contributed by atoms with Crippen LogP contribution in [-0.2, 0) is 9.53 Å². The number of carbonyl (C=O) groups excluding carboxylic acids is 1. The second-order valence-corrected chi connectivity index (χ2v) is 5.36. The number of nitrogens with one attached hydrogen (secondary N) is 1. The Balaban J connectivity index is 3.01. The van der Waals surface area contributed by atoms with E-state index in [1.165, 1.54) is 20.1 Å². The SMILES string of the molecule is COCC(C)(NC(=O)c1cccc(Br)c1Cl)C(=O)O. The van der Waals surface area contributed by atoms with Gasteiger partial charge >= 0.3 is 5.97 Å². The highest BCUT2D eigenvalue weighted by Crippen LogP contribution is 2.26. The Morgan fingerprint density at radius 1 is 1.53 bits per heavy atom. The van der Waals surface area contributed by atoms with Crippen molar-refractivity contribution in [2.24, 2.45) is 0 Å². The summed E-state index contributed by atoms with van der Waals surface area (Å²) in [4.78, 5) is 23.3. The molecular weight excluding hydrogens is 337 g/mol. The zero-order valence-corrected chi connectivity index (χ0v) is 12.7. The number of carboxylic acids is 1. The minimum atomic E-state index is -1.52. The van der Waals surface area contributed by atoms with Crippen molar-refractivity contribution in [2.45, 2.75) is 12.5 Å². The summed E-state index contributed by atoms with van der Waals surface area (Å²) in [6.07, 6.45) is 0. The average Bonchev–Trinajstić information content (AvgIpc) is 2.32. The summed E-state index contributed by atoms with van der Waals surface area (Å²) >= 11 is 9.19. The molecule has 0 aliphatic rings. The Kier molecular flexibility index (Phi) is 5.34. The molecule has 0 heterocycles. The van der Waals surface area contributed by atoms with Crippen LogP contribution in [0.2, 0.25) is 5.02 Å². The van der Waals surface area contributed by atoms with Crippen LogP contribution in [0.25, 0.3) is 0 Å². The van der Waals surface area contributed by atoms with Crippen molar-refractivity contribution in [3.05, 3.63) is 33.3 Å². The van der Waals surface area contributed by atoms with Gasteiger partial charge in [0.2, 0.25) is 0 Å². The first kappa shape index (κ1) is 15.9. The van der Waals surface area contributed by atoms with Crippen LogP contribution in [0.15, 0.2) is 22.7 Å². The van der Waals surface area contributed by atoms with Crippen molar-refractivity contribution in [3.8, 4) is 0 Å². The van der Waals surface area contributed by atoms with E-state index in [0.29, 0.717) is 4.47 Å². The van der Waals surface area contributed by atoms with Gasteiger partial charge < -0.3 is 15.2 Å². The Labute approximate surface area is 124 Å². The summed E-state index contributed by atoms with van der Waals surface area (Å²) in [7, 11) is 1.36. The van der Waals surface area contributed by atoms with Gasteiger partial charge in [-0.15, -0.1) is 0 Å². The fourth-order valence-corrected chi connectivity index (χ4v) is 2.02. The van der Waals surface area contributed by atoms with Crippen molar-refractivity contribution in [1.82, 2.24) is 5.32 Å². The molecule has 0 aliphatic carbocycles. The van der Waals surface area contributed by atoms with Crippen LogP contribution in [0.1, 0.15) is 17.3 Å². The maximum absolute atomic E-state index is 12.1. The molecule has 1 aromatic rings. The zero-order valence-electron chi connectivity index (χ0n) is 10.4. The lowest BCUT2D eigenvalue weighted by Crippen LogP contribution is -2.55. The number of hydrogen-bond acceptors (Lipinski definition) is 3. The number of carboxylic acid groups (broad SMARTS) is 1. The largest absolute Gasteiger partial charge is 0.479 e. The smallest absolute Gasteiger partial charge is 0.331 e. The average molecular weight is 351 g/mol. The summed E-state index contributed by atoms with van der Waals surface area (Å²) < 4.78 is 5.38. The number of rotatable bonds is 5. The number of ether oxygens (including phenoxy) is 1. The summed E-state index contributed by atoms with van der Waals surface area (Å²) in [5.41, 5.74) is -1.32. The minimum absolute atomic E-state index is 0.153. The molecule has 0 fully saturated rings. The van der Waals surface area contributed by atoms with Crippen molar-refractivity contribution < 1.29 is 19.4 Å². The van der Waals surface area contributed by atoms with Crippen molar-refractivity contribution in [2.75, 3.05) is 13.7 Å². The van der Waals surface area contributed by atoms with Crippen LogP contribution >= 0.6 is 27.5 Å². The monoisotopic (exact) mass is 349 g/mol. The van der Waals surface area contributed by atoms with Crippen LogP contribution in [0.3, 0.4) is 0 Å². The number of methoxy groups -OCH3 is 1. The molecule has 5 nitrogen and oxygen atoms in total. The Hall–Kier alpha value is -1.11. The molecule has 1 atom stereocenters. The van der Waals surface area contributed by atoms with E-state index >= 15 is 0 Å². The van der Waals surface area contributed by atoms with Crippen molar-refractivity contribution in [1.29, 1.82) is 0 Å². The fourth-order valence-electron chi connectivity index (χ4n) is 1.44. The lowest BCUT2D eigenvalue weighted by Gasteiger charge is -2.25. The van der Waals surface area contributed by atoms with Gasteiger partial charge in [-0.1, -0.05) is 17.7 Å². The molecule has 1 rings (SSSR count). The second kappa shape index (κ2) is 6.36. The lowest BCUT2D eigenvalue weighted by molar-refractivity contribution is -0.145. The molecule has 0 bridgehead atoms. The first-order valence-electron chi connectivity index (χ1n) is 5.30. The maximum atomic E-state index is 12.1. The predicted octanol–water partition coefficient (Wildman–Crippen LogP) is 2.32. The third-order valence-electron chi connectivity index (χ3n) is 2.49. The van der Waals surface area contributed by atoms with Gasteiger partial charge in [-0.05, 0) is 35.0 Å². The van der Waals surface area contributed by atoms with Gasteiger partial charge in [-0.25, -0.2) is 4.79 Å². The number of halogens is 2. The summed E-state index contributed by atoms with van der Waals surface area (Å²) in [5, 5.41) is 11.8. The molecule has 0 aliphatic heterocycles. The molecule has 2 N–H and O–H groups in total. The molecule has 1 aromatic carbocycles. The van der Waals surface area contributed by atoms with Gasteiger partial charge in [0.05, 0.1) is 17.2 Å². The summed E-state index contributed by atoms with van der Waals surface area (Å²) in [5.74, 6) is -1.76. The van der Waals surface area contributed by atoms with E-state index < -0.39 is 17.4 Å². The van der Waals surface area contributed by atoms with E-state index in [0.717, 1.165) is 0 Å². The first-order chi connectivity index (χ1) is 8.81. The molecule has 19 heavy (non-hydrogen) atoms. The van der Waals surface area contributed by atoms with Crippen LogP contribution < -0.4 is 5.32 Å². The third kappa shape index (κ3) is 3.68. The first-order valence-corrected chi connectivity index (χ1v) is 6.48. The van der Waals surface area contributed by atoms with Crippen molar-refractivity contribution >= 4 is 39.4 Å². The van der Waals surface area contributed by atoms with E-state index in [2.05, 4.69) is 21.2 Å². The van der Waals surface area contributed by atoms with E-state index in [1.54, 1.807) is 12.1 Å². The molecule has 0 radical (unpaired) electrons. The summed E-state index contributed by atoms with van der Waals surface area (Å²) in [6, 6.07) is 4.83. The highest BCUT2D eigenvalue weighted by atomic mass is 79.9. The van der Waals surface area contributed by atoms with E-state index in [1.807, 2.05) is 0 Å². The molecule has 0 spiro atoms. The van der Waals surface area contributed by atoms with Crippen LogP contribution in [0.5, 0.6) is 0 Å². The number of carbonyl (C=O) groups is 2. The van der Waals surface area contributed by atoms with E-state index in [4.69, 9.17) is 21.4 Å². The molecule has 104 valence electrons. The molecular formula is C12H13BrClNO4.